The predicted octanol–water partition coefficient (Wildman–Crippen LogP) is 2.41. The molecule has 1 N–H and O–H groups in total. The zero-order chi connectivity index (χ0) is 13.9. The number of hydrogen-bond donors (Lipinski definition) is 1. The number of hydrogen-bond acceptors (Lipinski definition) is 3. The van der Waals surface area contributed by atoms with Gasteiger partial charge >= 0.3 is 0 Å². The summed E-state index contributed by atoms with van der Waals surface area (Å²) in [5, 5.41) is 3.47. The van der Waals surface area contributed by atoms with E-state index in [1.54, 1.807) is 0 Å². The molecule has 3 rings (SSSR count). The molecular weight excluding hydrogens is 248 g/mol. The highest BCUT2D eigenvalue weighted by Gasteiger charge is 2.17. The molecule has 0 saturated carbocycles. The van der Waals surface area contributed by atoms with E-state index in [1.807, 2.05) is 6.33 Å². The predicted molar refractivity (Wildman–Crippen MR) is 82.9 cm³/mol. The van der Waals surface area contributed by atoms with Gasteiger partial charge in [0.05, 0.1) is 17.4 Å². The molecular formula is C16H24N4. The number of benzene rings is 1. The SMILES string of the molecule is CCn1cnc2cc(C(C)N3CCCNCC3)ccc21. The summed E-state index contributed by atoms with van der Waals surface area (Å²) in [6.07, 6.45) is 3.17. The lowest BCUT2D eigenvalue weighted by Crippen LogP contribution is -2.30. The van der Waals surface area contributed by atoms with Gasteiger partial charge in [-0.3, -0.25) is 4.90 Å². The van der Waals surface area contributed by atoms with Crippen LogP contribution in [0.4, 0.5) is 0 Å². The minimum absolute atomic E-state index is 0.464. The Morgan fingerprint density at radius 1 is 1.30 bits per heavy atom. The standard InChI is InChI=1S/C16H24N4/c1-3-19-12-18-15-11-14(5-6-16(15)19)13(2)20-9-4-7-17-8-10-20/h5-6,11-13,17H,3-4,7-10H2,1-2H3. The summed E-state index contributed by atoms with van der Waals surface area (Å²) < 4.78 is 2.19. The Kier molecular flexibility index (Phi) is 4.03. The van der Waals surface area contributed by atoms with Gasteiger partial charge in [0, 0.05) is 25.7 Å². The summed E-state index contributed by atoms with van der Waals surface area (Å²) in [6, 6.07) is 7.20. The largest absolute Gasteiger partial charge is 0.331 e. The first-order valence-corrected chi connectivity index (χ1v) is 7.69. The molecule has 0 amide bonds. The lowest BCUT2D eigenvalue weighted by atomic mass is 10.1. The normalized spacial score (nSPS) is 19.1. The van der Waals surface area contributed by atoms with Gasteiger partial charge in [0.2, 0.25) is 0 Å². The molecule has 1 saturated heterocycles. The molecule has 1 atom stereocenters. The van der Waals surface area contributed by atoms with Crippen LogP contribution in [0.3, 0.4) is 0 Å². The monoisotopic (exact) mass is 272 g/mol. The molecule has 1 aromatic carbocycles. The molecule has 0 radical (unpaired) electrons. The average Bonchev–Trinajstić information content (AvgIpc) is 2.70. The van der Waals surface area contributed by atoms with Crippen molar-refractivity contribution in [2.75, 3.05) is 26.2 Å². The Bertz CT molecular complexity index is 567. The minimum Gasteiger partial charge on any atom is -0.331 e. The van der Waals surface area contributed by atoms with E-state index in [4.69, 9.17) is 0 Å². The second-order valence-corrected chi connectivity index (χ2v) is 5.59. The summed E-state index contributed by atoms with van der Waals surface area (Å²) >= 11 is 0. The highest BCUT2D eigenvalue weighted by molar-refractivity contribution is 5.76. The number of imidazole rings is 1. The fourth-order valence-electron chi connectivity index (χ4n) is 3.06. The molecule has 4 nitrogen and oxygen atoms in total. The van der Waals surface area contributed by atoms with E-state index in [1.165, 1.54) is 24.0 Å². The Labute approximate surface area is 120 Å². The maximum absolute atomic E-state index is 4.53. The molecule has 1 unspecified atom stereocenters. The first-order valence-electron chi connectivity index (χ1n) is 7.69. The van der Waals surface area contributed by atoms with E-state index >= 15 is 0 Å². The second kappa shape index (κ2) is 5.94. The van der Waals surface area contributed by atoms with Gasteiger partial charge in [-0.05, 0) is 51.1 Å². The van der Waals surface area contributed by atoms with Gasteiger partial charge < -0.3 is 9.88 Å². The molecule has 1 aliphatic heterocycles. The maximum atomic E-state index is 4.53. The van der Waals surface area contributed by atoms with Crippen LogP contribution in [0, 0.1) is 0 Å². The molecule has 20 heavy (non-hydrogen) atoms. The third-order valence-corrected chi connectivity index (χ3v) is 4.39. The van der Waals surface area contributed by atoms with E-state index < -0.39 is 0 Å². The van der Waals surface area contributed by atoms with Crippen molar-refractivity contribution in [3.8, 4) is 0 Å². The molecule has 0 bridgehead atoms. The molecule has 1 aliphatic rings. The number of nitrogens with zero attached hydrogens (tertiary/aromatic N) is 3. The van der Waals surface area contributed by atoms with Crippen molar-refractivity contribution in [3.63, 3.8) is 0 Å². The van der Waals surface area contributed by atoms with Gasteiger partial charge in [-0.25, -0.2) is 4.98 Å². The fraction of sp³-hybridized carbons (Fsp3) is 0.562. The van der Waals surface area contributed by atoms with Crippen molar-refractivity contribution in [2.45, 2.75) is 32.9 Å². The highest BCUT2D eigenvalue weighted by Crippen LogP contribution is 2.24. The Hall–Kier alpha value is -1.39. The Morgan fingerprint density at radius 3 is 3.05 bits per heavy atom. The van der Waals surface area contributed by atoms with Crippen molar-refractivity contribution >= 4 is 11.0 Å². The zero-order valence-electron chi connectivity index (χ0n) is 12.5. The van der Waals surface area contributed by atoms with Crippen LogP contribution in [0.2, 0.25) is 0 Å². The number of aryl methyl sites for hydroxylation is 1. The molecule has 0 aliphatic carbocycles. The van der Waals surface area contributed by atoms with E-state index in [0.717, 1.165) is 31.7 Å². The minimum atomic E-state index is 0.464. The Balaban J connectivity index is 1.85. The molecule has 2 heterocycles. The molecule has 4 heteroatoms. The van der Waals surface area contributed by atoms with Crippen molar-refractivity contribution in [1.82, 2.24) is 19.8 Å². The highest BCUT2D eigenvalue weighted by atomic mass is 15.2. The van der Waals surface area contributed by atoms with E-state index in [9.17, 15) is 0 Å². The first kappa shape index (κ1) is 13.6. The summed E-state index contributed by atoms with van der Waals surface area (Å²) in [5.41, 5.74) is 3.73. The van der Waals surface area contributed by atoms with Crippen LogP contribution in [-0.2, 0) is 6.54 Å². The maximum Gasteiger partial charge on any atom is 0.0958 e. The molecule has 2 aromatic rings. The van der Waals surface area contributed by atoms with E-state index in [0.29, 0.717) is 6.04 Å². The fourth-order valence-corrected chi connectivity index (χ4v) is 3.06. The van der Waals surface area contributed by atoms with Crippen LogP contribution in [0.25, 0.3) is 11.0 Å². The third-order valence-electron chi connectivity index (χ3n) is 4.39. The van der Waals surface area contributed by atoms with Crippen LogP contribution in [0.1, 0.15) is 31.9 Å². The van der Waals surface area contributed by atoms with Crippen molar-refractivity contribution < 1.29 is 0 Å². The van der Waals surface area contributed by atoms with Gasteiger partial charge in [0.25, 0.3) is 0 Å². The Morgan fingerprint density at radius 2 is 2.20 bits per heavy atom. The summed E-state index contributed by atoms with van der Waals surface area (Å²) in [4.78, 5) is 7.10. The molecule has 1 fully saturated rings. The van der Waals surface area contributed by atoms with E-state index in [-0.39, 0.29) is 0 Å². The zero-order valence-corrected chi connectivity index (χ0v) is 12.5. The second-order valence-electron chi connectivity index (χ2n) is 5.59. The van der Waals surface area contributed by atoms with Crippen LogP contribution in [0.15, 0.2) is 24.5 Å². The molecule has 1 aromatic heterocycles. The van der Waals surface area contributed by atoms with Crippen LogP contribution >= 0.6 is 0 Å². The van der Waals surface area contributed by atoms with Gasteiger partial charge in [-0.15, -0.1) is 0 Å². The topological polar surface area (TPSA) is 33.1 Å². The van der Waals surface area contributed by atoms with Crippen LogP contribution in [-0.4, -0.2) is 40.6 Å². The number of aromatic nitrogens is 2. The lowest BCUT2D eigenvalue weighted by molar-refractivity contribution is 0.225. The lowest BCUT2D eigenvalue weighted by Gasteiger charge is -2.27. The molecule has 0 spiro atoms. The summed E-state index contributed by atoms with van der Waals surface area (Å²) in [5.74, 6) is 0. The van der Waals surface area contributed by atoms with Crippen LogP contribution < -0.4 is 5.32 Å². The quantitative estimate of drug-likeness (QED) is 0.931. The number of rotatable bonds is 3. The van der Waals surface area contributed by atoms with Gasteiger partial charge in [-0.1, -0.05) is 6.07 Å². The smallest absolute Gasteiger partial charge is 0.0958 e. The molecule has 108 valence electrons. The average molecular weight is 272 g/mol. The van der Waals surface area contributed by atoms with Gasteiger partial charge in [0.15, 0.2) is 0 Å². The number of fused-ring (bicyclic) bond motifs is 1. The van der Waals surface area contributed by atoms with Crippen LogP contribution in [0.5, 0.6) is 0 Å². The van der Waals surface area contributed by atoms with Gasteiger partial charge in [0.1, 0.15) is 0 Å². The third kappa shape index (κ3) is 2.58. The van der Waals surface area contributed by atoms with Crippen molar-refractivity contribution in [2.24, 2.45) is 0 Å². The van der Waals surface area contributed by atoms with Gasteiger partial charge in [-0.2, -0.15) is 0 Å². The number of nitrogens with one attached hydrogen (secondary N) is 1. The van der Waals surface area contributed by atoms with Crippen molar-refractivity contribution in [3.05, 3.63) is 30.1 Å². The van der Waals surface area contributed by atoms with Crippen molar-refractivity contribution in [1.29, 1.82) is 0 Å². The first-order chi connectivity index (χ1) is 9.79. The van der Waals surface area contributed by atoms with E-state index in [2.05, 4.69) is 51.8 Å². The summed E-state index contributed by atoms with van der Waals surface area (Å²) in [7, 11) is 0. The summed E-state index contributed by atoms with van der Waals surface area (Å²) in [6.45, 7) is 9.98.